The molecule has 0 aliphatic carbocycles. The van der Waals surface area contributed by atoms with E-state index in [0.717, 1.165) is 34.8 Å². The summed E-state index contributed by atoms with van der Waals surface area (Å²) in [5.41, 5.74) is 4.35. The Bertz CT molecular complexity index is 884. The highest BCUT2D eigenvalue weighted by atomic mass is 16.5. The Morgan fingerprint density at radius 3 is 2.37 bits per heavy atom. The third-order valence-corrected chi connectivity index (χ3v) is 4.37. The van der Waals surface area contributed by atoms with Crippen molar-refractivity contribution in [3.05, 3.63) is 66.2 Å². The summed E-state index contributed by atoms with van der Waals surface area (Å²) in [6, 6.07) is 19.6. The van der Waals surface area contributed by atoms with Crippen LogP contribution >= 0.6 is 0 Å². The van der Waals surface area contributed by atoms with Crippen LogP contribution in [-0.2, 0) is 0 Å². The highest BCUT2D eigenvalue weighted by Gasteiger charge is 2.17. The number of carbonyl (C=O) groups is 1. The van der Waals surface area contributed by atoms with E-state index in [1.165, 1.54) is 0 Å². The van der Waals surface area contributed by atoms with E-state index in [2.05, 4.69) is 10.3 Å². The standard InChI is InChI=1S/C22H25N3O2/c1-25(2)14-13-23-22(26)19-15-20(16-9-11-18(27-3)12-10-16)24-21(19)17-7-5-4-6-8-17/h4-12,15,24H,13-14H2,1-3H3,(H,23,26). The number of rotatable bonds is 7. The molecular formula is C22H25N3O2. The Labute approximate surface area is 160 Å². The lowest BCUT2D eigenvalue weighted by Crippen LogP contribution is -2.31. The van der Waals surface area contributed by atoms with Gasteiger partial charge in [-0.1, -0.05) is 30.3 Å². The number of aromatic nitrogens is 1. The van der Waals surface area contributed by atoms with Crippen LogP contribution in [0.4, 0.5) is 0 Å². The number of aromatic amines is 1. The molecule has 0 radical (unpaired) electrons. The van der Waals surface area contributed by atoms with E-state index >= 15 is 0 Å². The molecule has 0 aliphatic heterocycles. The molecule has 0 saturated heterocycles. The average molecular weight is 363 g/mol. The van der Waals surface area contributed by atoms with Crippen LogP contribution < -0.4 is 10.1 Å². The lowest BCUT2D eigenvalue weighted by molar-refractivity contribution is 0.0952. The number of likely N-dealkylation sites (N-methyl/N-ethyl adjacent to an activating group) is 1. The maximum absolute atomic E-state index is 12.8. The summed E-state index contributed by atoms with van der Waals surface area (Å²) in [4.78, 5) is 18.3. The molecule has 0 spiro atoms. The Morgan fingerprint density at radius 2 is 1.74 bits per heavy atom. The van der Waals surface area contributed by atoms with E-state index in [1.807, 2.05) is 79.7 Å². The molecule has 0 saturated carbocycles. The molecule has 3 aromatic rings. The lowest BCUT2D eigenvalue weighted by atomic mass is 10.1. The largest absolute Gasteiger partial charge is 0.497 e. The Balaban J connectivity index is 1.94. The van der Waals surface area contributed by atoms with E-state index in [9.17, 15) is 4.79 Å². The normalized spacial score (nSPS) is 10.8. The highest BCUT2D eigenvalue weighted by molar-refractivity contribution is 6.01. The van der Waals surface area contributed by atoms with E-state index in [1.54, 1.807) is 7.11 Å². The average Bonchev–Trinajstić information content (AvgIpc) is 3.14. The SMILES string of the molecule is COc1ccc(-c2cc(C(=O)NCCN(C)C)c(-c3ccccc3)[nH]2)cc1. The van der Waals surface area contributed by atoms with Crippen LogP contribution in [0, 0.1) is 0 Å². The quantitative estimate of drug-likeness (QED) is 0.674. The minimum atomic E-state index is -0.0771. The summed E-state index contributed by atoms with van der Waals surface area (Å²) in [6.45, 7) is 1.39. The number of hydrogen-bond acceptors (Lipinski definition) is 3. The number of nitrogens with zero attached hydrogens (tertiary/aromatic N) is 1. The molecule has 0 aliphatic rings. The van der Waals surface area contributed by atoms with Crippen LogP contribution in [0.3, 0.4) is 0 Å². The van der Waals surface area contributed by atoms with Gasteiger partial charge in [0.25, 0.3) is 5.91 Å². The molecule has 5 nitrogen and oxygen atoms in total. The summed E-state index contributed by atoms with van der Waals surface area (Å²) in [5.74, 6) is 0.724. The van der Waals surface area contributed by atoms with Crippen LogP contribution in [0.25, 0.3) is 22.5 Å². The second-order valence-electron chi connectivity index (χ2n) is 6.63. The van der Waals surface area contributed by atoms with E-state index in [4.69, 9.17) is 4.74 Å². The fourth-order valence-electron chi connectivity index (χ4n) is 2.88. The number of benzene rings is 2. The Morgan fingerprint density at radius 1 is 1.04 bits per heavy atom. The molecule has 2 aromatic carbocycles. The van der Waals surface area contributed by atoms with Crippen molar-refractivity contribution in [3.8, 4) is 28.3 Å². The van der Waals surface area contributed by atoms with Crippen LogP contribution in [0.2, 0.25) is 0 Å². The van der Waals surface area contributed by atoms with Crippen LogP contribution in [-0.4, -0.2) is 50.1 Å². The van der Waals surface area contributed by atoms with Crippen molar-refractivity contribution in [2.75, 3.05) is 34.3 Å². The predicted molar refractivity (Wildman–Crippen MR) is 109 cm³/mol. The maximum atomic E-state index is 12.8. The van der Waals surface area contributed by atoms with Crippen molar-refractivity contribution < 1.29 is 9.53 Å². The molecule has 3 rings (SSSR count). The van der Waals surface area contributed by atoms with Gasteiger partial charge in [-0.15, -0.1) is 0 Å². The first-order valence-electron chi connectivity index (χ1n) is 8.94. The van der Waals surface area contributed by atoms with Crippen LogP contribution in [0.1, 0.15) is 10.4 Å². The molecule has 5 heteroatoms. The van der Waals surface area contributed by atoms with Gasteiger partial charge in [-0.25, -0.2) is 0 Å². The first-order chi connectivity index (χ1) is 13.1. The molecule has 2 N–H and O–H groups in total. The van der Waals surface area contributed by atoms with Crippen molar-refractivity contribution in [3.63, 3.8) is 0 Å². The van der Waals surface area contributed by atoms with Crippen LogP contribution in [0.15, 0.2) is 60.7 Å². The molecule has 0 atom stereocenters. The zero-order valence-electron chi connectivity index (χ0n) is 16.0. The fraction of sp³-hybridized carbons (Fsp3) is 0.227. The summed E-state index contributed by atoms with van der Waals surface area (Å²) >= 11 is 0. The molecule has 0 bridgehead atoms. The van der Waals surface area contributed by atoms with Gasteiger partial charge in [-0.3, -0.25) is 4.79 Å². The van der Waals surface area contributed by atoms with Gasteiger partial charge in [-0.2, -0.15) is 0 Å². The monoisotopic (exact) mass is 363 g/mol. The minimum absolute atomic E-state index is 0.0771. The topological polar surface area (TPSA) is 57.4 Å². The molecule has 1 amide bonds. The highest BCUT2D eigenvalue weighted by Crippen LogP contribution is 2.29. The molecular weight excluding hydrogens is 338 g/mol. The third-order valence-electron chi connectivity index (χ3n) is 4.37. The third kappa shape index (κ3) is 4.57. The summed E-state index contributed by atoms with van der Waals surface area (Å²) < 4.78 is 5.23. The number of amides is 1. The second-order valence-corrected chi connectivity index (χ2v) is 6.63. The molecule has 0 unspecified atom stereocenters. The van der Waals surface area contributed by atoms with E-state index in [-0.39, 0.29) is 5.91 Å². The van der Waals surface area contributed by atoms with Crippen molar-refractivity contribution in [1.82, 2.24) is 15.2 Å². The van der Waals surface area contributed by atoms with Gasteiger partial charge in [0.1, 0.15) is 5.75 Å². The summed E-state index contributed by atoms with van der Waals surface area (Å²) in [6.07, 6.45) is 0. The molecule has 140 valence electrons. The smallest absolute Gasteiger partial charge is 0.253 e. The van der Waals surface area contributed by atoms with Gasteiger partial charge in [0.15, 0.2) is 0 Å². The minimum Gasteiger partial charge on any atom is -0.497 e. The predicted octanol–water partition coefficient (Wildman–Crippen LogP) is 3.65. The molecule has 1 aromatic heterocycles. The van der Waals surface area contributed by atoms with Gasteiger partial charge in [0.05, 0.1) is 18.4 Å². The number of methoxy groups -OCH3 is 1. The number of hydrogen-bond donors (Lipinski definition) is 2. The number of H-pyrrole nitrogens is 1. The molecule has 1 heterocycles. The van der Waals surface area contributed by atoms with E-state index in [0.29, 0.717) is 12.1 Å². The Hall–Kier alpha value is -3.05. The van der Waals surface area contributed by atoms with Gasteiger partial charge < -0.3 is 19.9 Å². The number of carbonyl (C=O) groups excluding carboxylic acids is 1. The summed E-state index contributed by atoms with van der Waals surface area (Å²) in [7, 11) is 5.62. The van der Waals surface area contributed by atoms with E-state index < -0.39 is 0 Å². The van der Waals surface area contributed by atoms with Crippen molar-refractivity contribution in [2.24, 2.45) is 0 Å². The van der Waals surface area contributed by atoms with Gasteiger partial charge in [-0.05, 0) is 55.6 Å². The number of ether oxygens (including phenoxy) is 1. The van der Waals surface area contributed by atoms with Crippen molar-refractivity contribution in [1.29, 1.82) is 0 Å². The Kier molecular flexibility index (Phi) is 5.94. The molecule has 27 heavy (non-hydrogen) atoms. The lowest BCUT2D eigenvalue weighted by Gasteiger charge is -2.10. The van der Waals surface area contributed by atoms with Crippen molar-refractivity contribution in [2.45, 2.75) is 0 Å². The zero-order valence-corrected chi connectivity index (χ0v) is 16.0. The van der Waals surface area contributed by atoms with Crippen LogP contribution in [0.5, 0.6) is 5.75 Å². The second kappa shape index (κ2) is 8.56. The van der Waals surface area contributed by atoms with Gasteiger partial charge >= 0.3 is 0 Å². The number of nitrogens with one attached hydrogen (secondary N) is 2. The van der Waals surface area contributed by atoms with Crippen molar-refractivity contribution >= 4 is 5.91 Å². The molecule has 0 fully saturated rings. The zero-order chi connectivity index (χ0) is 19.2. The van der Waals surface area contributed by atoms with Gasteiger partial charge in [0.2, 0.25) is 0 Å². The fourth-order valence-corrected chi connectivity index (χ4v) is 2.88. The first kappa shape index (κ1) is 18.7. The maximum Gasteiger partial charge on any atom is 0.253 e. The van der Waals surface area contributed by atoms with Gasteiger partial charge in [0, 0.05) is 18.8 Å². The first-order valence-corrected chi connectivity index (χ1v) is 8.94. The summed E-state index contributed by atoms with van der Waals surface area (Å²) in [5, 5.41) is 3.00.